The first kappa shape index (κ1) is 17.0. The number of hydrogen-bond acceptors (Lipinski definition) is 1. The lowest BCUT2D eigenvalue weighted by Crippen LogP contribution is -2.18. The van der Waals surface area contributed by atoms with E-state index < -0.39 is 0 Å². The highest BCUT2D eigenvalue weighted by Crippen LogP contribution is 2.30. The summed E-state index contributed by atoms with van der Waals surface area (Å²) < 4.78 is 0. The van der Waals surface area contributed by atoms with E-state index >= 15 is 0 Å². The fraction of sp³-hybridized carbons (Fsp3) is 0.143. The molecule has 0 aromatic heterocycles. The first-order valence-corrected chi connectivity index (χ1v) is 8.72. The van der Waals surface area contributed by atoms with Crippen LogP contribution < -0.4 is 5.32 Å². The summed E-state index contributed by atoms with van der Waals surface area (Å²) in [4.78, 5) is 0. The van der Waals surface area contributed by atoms with E-state index in [0.29, 0.717) is 10.0 Å². The van der Waals surface area contributed by atoms with Crippen LogP contribution in [0.1, 0.15) is 24.1 Å². The Labute approximate surface area is 153 Å². The third-order valence-corrected chi connectivity index (χ3v) is 4.95. The second kappa shape index (κ2) is 7.85. The third-order valence-electron chi connectivity index (χ3n) is 4.12. The molecule has 1 nitrogen and oxygen atoms in total. The second-order valence-electron chi connectivity index (χ2n) is 5.81. The average Bonchev–Trinajstić information content (AvgIpc) is 2.63. The largest absolute Gasteiger partial charge is 0.306 e. The van der Waals surface area contributed by atoms with Gasteiger partial charge in [-0.1, -0.05) is 89.9 Å². The first-order chi connectivity index (χ1) is 11.6. The third kappa shape index (κ3) is 3.99. The van der Waals surface area contributed by atoms with E-state index in [1.54, 1.807) is 0 Å². The van der Waals surface area contributed by atoms with Gasteiger partial charge in [0.05, 0.1) is 10.0 Å². The zero-order chi connectivity index (χ0) is 16.9. The summed E-state index contributed by atoms with van der Waals surface area (Å²) in [5.74, 6) is 0. The predicted octanol–water partition coefficient (Wildman–Crippen LogP) is 6.51. The quantitative estimate of drug-likeness (QED) is 0.549. The van der Waals surface area contributed by atoms with Crippen molar-refractivity contribution in [3.05, 3.63) is 94.0 Å². The van der Waals surface area contributed by atoms with Gasteiger partial charge in [-0.25, -0.2) is 0 Å². The summed E-state index contributed by atoms with van der Waals surface area (Å²) in [6.07, 6.45) is 0. The minimum Gasteiger partial charge on any atom is -0.306 e. The van der Waals surface area contributed by atoms with Crippen LogP contribution in [0.4, 0.5) is 0 Å². The van der Waals surface area contributed by atoms with Crippen molar-refractivity contribution < 1.29 is 0 Å². The Balaban J connectivity index is 1.65. The van der Waals surface area contributed by atoms with Gasteiger partial charge in [0.25, 0.3) is 0 Å². The van der Waals surface area contributed by atoms with Crippen LogP contribution in [0.15, 0.2) is 72.8 Å². The molecule has 3 aromatic rings. The molecule has 1 N–H and O–H groups in total. The van der Waals surface area contributed by atoms with Crippen molar-refractivity contribution in [2.24, 2.45) is 0 Å². The summed E-state index contributed by atoms with van der Waals surface area (Å²) in [5, 5.41) is 4.72. The Morgan fingerprint density at radius 1 is 0.792 bits per heavy atom. The molecule has 0 aliphatic carbocycles. The Morgan fingerprint density at radius 2 is 1.46 bits per heavy atom. The SMILES string of the molecule is CC(NCc1ccc(-c2ccccc2)cc1)c1cccc(Cl)c1Cl. The predicted molar refractivity (Wildman–Crippen MR) is 104 cm³/mol. The summed E-state index contributed by atoms with van der Waals surface area (Å²) in [6.45, 7) is 2.87. The minimum atomic E-state index is 0.130. The number of hydrogen-bond donors (Lipinski definition) is 1. The van der Waals surface area contributed by atoms with Crippen LogP contribution in [0.3, 0.4) is 0 Å². The summed E-state index contributed by atoms with van der Waals surface area (Å²) >= 11 is 12.4. The van der Waals surface area contributed by atoms with Gasteiger partial charge in [0, 0.05) is 12.6 Å². The van der Waals surface area contributed by atoms with Crippen LogP contribution in [-0.2, 0) is 6.54 Å². The van der Waals surface area contributed by atoms with Gasteiger partial charge in [0.15, 0.2) is 0 Å². The smallest absolute Gasteiger partial charge is 0.0639 e. The summed E-state index contributed by atoms with van der Waals surface area (Å²) in [5.41, 5.74) is 4.71. The van der Waals surface area contributed by atoms with E-state index in [1.807, 2.05) is 24.3 Å². The maximum atomic E-state index is 6.29. The number of rotatable bonds is 5. The standard InChI is InChI=1S/C21H19Cl2N/c1-15(19-8-5-9-20(22)21(19)23)24-14-16-10-12-18(13-11-16)17-6-3-2-4-7-17/h2-13,15,24H,14H2,1H3. The molecule has 24 heavy (non-hydrogen) atoms. The zero-order valence-corrected chi connectivity index (χ0v) is 15.0. The molecule has 3 rings (SSSR count). The normalized spacial score (nSPS) is 12.1. The van der Waals surface area contributed by atoms with E-state index in [9.17, 15) is 0 Å². The van der Waals surface area contributed by atoms with Crippen molar-refractivity contribution in [2.75, 3.05) is 0 Å². The van der Waals surface area contributed by atoms with Crippen LogP contribution in [0, 0.1) is 0 Å². The Bertz CT molecular complexity index is 798. The highest BCUT2D eigenvalue weighted by atomic mass is 35.5. The molecule has 0 amide bonds. The molecule has 0 saturated carbocycles. The molecule has 0 spiro atoms. The molecule has 3 heteroatoms. The second-order valence-corrected chi connectivity index (χ2v) is 6.59. The molecule has 0 aliphatic rings. The molecular formula is C21H19Cl2N. The highest BCUT2D eigenvalue weighted by Gasteiger charge is 2.11. The van der Waals surface area contributed by atoms with Crippen molar-refractivity contribution in [1.29, 1.82) is 0 Å². The van der Waals surface area contributed by atoms with Crippen molar-refractivity contribution in [1.82, 2.24) is 5.32 Å². The van der Waals surface area contributed by atoms with Gasteiger partial charge in [-0.15, -0.1) is 0 Å². The molecule has 0 heterocycles. The van der Waals surface area contributed by atoms with Gasteiger partial charge in [-0.2, -0.15) is 0 Å². The molecule has 1 atom stereocenters. The van der Waals surface area contributed by atoms with Crippen molar-refractivity contribution in [2.45, 2.75) is 19.5 Å². The van der Waals surface area contributed by atoms with Crippen molar-refractivity contribution in [3.8, 4) is 11.1 Å². The number of nitrogens with one attached hydrogen (secondary N) is 1. The van der Waals surface area contributed by atoms with E-state index in [4.69, 9.17) is 23.2 Å². The van der Waals surface area contributed by atoms with Crippen LogP contribution in [0.2, 0.25) is 10.0 Å². The van der Waals surface area contributed by atoms with Gasteiger partial charge < -0.3 is 5.32 Å². The van der Waals surface area contributed by atoms with Gasteiger partial charge in [-0.05, 0) is 35.2 Å². The topological polar surface area (TPSA) is 12.0 Å². The minimum absolute atomic E-state index is 0.130. The Kier molecular flexibility index (Phi) is 5.57. The molecule has 0 bridgehead atoms. The zero-order valence-electron chi connectivity index (χ0n) is 13.5. The van der Waals surface area contributed by atoms with Gasteiger partial charge in [-0.3, -0.25) is 0 Å². The maximum Gasteiger partial charge on any atom is 0.0639 e. The fourth-order valence-electron chi connectivity index (χ4n) is 2.68. The molecule has 122 valence electrons. The van der Waals surface area contributed by atoms with E-state index in [-0.39, 0.29) is 6.04 Å². The molecule has 0 saturated heterocycles. The molecule has 1 unspecified atom stereocenters. The lowest BCUT2D eigenvalue weighted by molar-refractivity contribution is 0.575. The van der Waals surface area contributed by atoms with Crippen LogP contribution in [0.5, 0.6) is 0 Å². The molecular weight excluding hydrogens is 337 g/mol. The van der Waals surface area contributed by atoms with E-state index in [1.165, 1.54) is 16.7 Å². The lowest BCUT2D eigenvalue weighted by atomic mass is 10.0. The summed E-state index contributed by atoms with van der Waals surface area (Å²) in [6, 6.07) is 24.9. The van der Waals surface area contributed by atoms with Crippen molar-refractivity contribution >= 4 is 23.2 Å². The molecule has 0 fully saturated rings. The van der Waals surface area contributed by atoms with E-state index in [2.05, 4.69) is 60.8 Å². The van der Waals surface area contributed by atoms with Crippen molar-refractivity contribution in [3.63, 3.8) is 0 Å². The van der Waals surface area contributed by atoms with Crippen LogP contribution >= 0.6 is 23.2 Å². The number of benzene rings is 3. The molecule has 3 aromatic carbocycles. The molecule has 0 radical (unpaired) electrons. The fourth-order valence-corrected chi connectivity index (χ4v) is 3.15. The van der Waals surface area contributed by atoms with Gasteiger partial charge in [0.2, 0.25) is 0 Å². The Hall–Kier alpha value is -1.80. The van der Waals surface area contributed by atoms with Gasteiger partial charge in [0.1, 0.15) is 0 Å². The molecule has 0 aliphatic heterocycles. The number of halogens is 2. The summed E-state index contributed by atoms with van der Waals surface area (Å²) in [7, 11) is 0. The van der Waals surface area contributed by atoms with E-state index in [0.717, 1.165) is 12.1 Å². The maximum absolute atomic E-state index is 6.29. The monoisotopic (exact) mass is 355 g/mol. The van der Waals surface area contributed by atoms with Gasteiger partial charge >= 0.3 is 0 Å². The first-order valence-electron chi connectivity index (χ1n) is 7.97. The Morgan fingerprint density at radius 3 is 2.17 bits per heavy atom. The van der Waals surface area contributed by atoms with Crippen LogP contribution in [0.25, 0.3) is 11.1 Å². The lowest BCUT2D eigenvalue weighted by Gasteiger charge is -2.16. The average molecular weight is 356 g/mol. The highest BCUT2D eigenvalue weighted by molar-refractivity contribution is 6.42. The van der Waals surface area contributed by atoms with Crippen LogP contribution in [-0.4, -0.2) is 0 Å².